The molecule has 1 heterocycles. The van der Waals surface area contributed by atoms with Gasteiger partial charge in [0.25, 0.3) is 0 Å². The third-order valence-corrected chi connectivity index (χ3v) is 3.23. The first-order valence-electron chi connectivity index (χ1n) is 7.73. The van der Waals surface area contributed by atoms with E-state index in [2.05, 4.69) is 10.4 Å². The molecule has 0 aliphatic carbocycles. The predicted octanol–water partition coefficient (Wildman–Crippen LogP) is 3.18. The van der Waals surface area contributed by atoms with Gasteiger partial charge in [-0.3, -0.25) is 9.48 Å². The lowest BCUT2D eigenvalue weighted by Gasteiger charge is -2.13. The normalized spacial score (nSPS) is 11.1. The Labute approximate surface area is 142 Å². The predicted molar refractivity (Wildman–Crippen MR) is 94.4 cm³/mol. The number of hydrogen-bond donors (Lipinski definition) is 1. The summed E-state index contributed by atoms with van der Waals surface area (Å²) in [6, 6.07) is 7.35. The first-order chi connectivity index (χ1) is 11.4. The van der Waals surface area contributed by atoms with Crippen LogP contribution in [0.25, 0.3) is 6.08 Å². The van der Waals surface area contributed by atoms with Crippen LogP contribution in [0.15, 0.2) is 30.3 Å². The molecule has 2 rings (SSSR count). The third-order valence-electron chi connectivity index (χ3n) is 3.23. The number of ether oxygens (including phenoxy) is 2. The van der Waals surface area contributed by atoms with Gasteiger partial charge in [0.15, 0.2) is 11.5 Å². The number of carbonyl (C=O) groups is 1. The number of anilines is 1. The molecule has 1 aromatic heterocycles. The van der Waals surface area contributed by atoms with Gasteiger partial charge in [0, 0.05) is 19.2 Å². The molecule has 128 valence electrons. The van der Waals surface area contributed by atoms with Crippen molar-refractivity contribution >= 4 is 17.8 Å². The number of methoxy groups -OCH3 is 1. The van der Waals surface area contributed by atoms with E-state index in [1.165, 1.54) is 6.08 Å². The fourth-order valence-corrected chi connectivity index (χ4v) is 2.21. The maximum atomic E-state index is 12.0. The van der Waals surface area contributed by atoms with E-state index in [-0.39, 0.29) is 12.0 Å². The molecule has 2 aromatic rings. The van der Waals surface area contributed by atoms with Crippen molar-refractivity contribution < 1.29 is 14.3 Å². The van der Waals surface area contributed by atoms with Crippen LogP contribution in [-0.4, -0.2) is 28.9 Å². The zero-order valence-electron chi connectivity index (χ0n) is 14.7. The molecular weight excluding hydrogens is 306 g/mol. The molecule has 0 unspecified atom stereocenters. The average molecular weight is 329 g/mol. The van der Waals surface area contributed by atoms with Gasteiger partial charge in [-0.15, -0.1) is 0 Å². The summed E-state index contributed by atoms with van der Waals surface area (Å²) in [5.41, 5.74) is 1.70. The van der Waals surface area contributed by atoms with Crippen LogP contribution >= 0.6 is 0 Å². The highest BCUT2D eigenvalue weighted by Crippen LogP contribution is 2.29. The summed E-state index contributed by atoms with van der Waals surface area (Å²) >= 11 is 0. The smallest absolute Gasteiger partial charge is 0.249 e. The van der Waals surface area contributed by atoms with Gasteiger partial charge in [-0.25, -0.2) is 0 Å². The minimum absolute atomic E-state index is 0.0634. The molecule has 0 saturated heterocycles. The van der Waals surface area contributed by atoms with E-state index in [1.54, 1.807) is 24.9 Å². The largest absolute Gasteiger partial charge is 0.493 e. The van der Waals surface area contributed by atoms with E-state index in [0.29, 0.717) is 17.3 Å². The summed E-state index contributed by atoms with van der Waals surface area (Å²) in [6.07, 6.45) is 3.26. The van der Waals surface area contributed by atoms with Crippen LogP contribution in [0.5, 0.6) is 11.5 Å². The number of aryl methyl sites for hydroxylation is 2. The average Bonchev–Trinajstić information content (AvgIpc) is 2.83. The minimum Gasteiger partial charge on any atom is -0.493 e. The molecule has 1 aromatic carbocycles. The first-order valence-corrected chi connectivity index (χ1v) is 7.73. The number of benzene rings is 1. The Morgan fingerprint density at radius 3 is 2.62 bits per heavy atom. The van der Waals surface area contributed by atoms with Crippen molar-refractivity contribution in [2.24, 2.45) is 7.05 Å². The number of aromatic nitrogens is 2. The maximum Gasteiger partial charge on any atom is 0.249 e. The molecule has 0 bridgehead atoms. The zero-order valence-corrected chi connectivity index (χ0v) is 14.7. The summed E-state index contributed by atoms with van der Waals surface area (Å²) in [7, 11) is 3.37. The first kappa shape index (κ1) is 17.6. The molecule has 0 aliphatic heterocycles. The van der Waals surface area contributed by atoms with Crippen LogP contribution in [0.4, 0.5) is 5.82 Å². The molecule has 0 aliphatic rings. The Balaban J connectivity index is 2.08. The standard InChI is InChI=1S/C18H23N3O3/c1-12(2)24-15-8-6-14(11-16(15)23-5)7-9-18(22)19-17-10-13(3)20-21(17)4/h6-12H,1-5H3,(H,19,22)/b9-7+. The molecule has 0 atom stereocenters. The second-order valence-corrected chi connectivity index (χ2v) is 5.69. The van der Waals surface area contributed by atoms with Gasteiger partial charge in [0.1, 0.15) is 5.82 Å². The molecule has 24 heavy (non-hydrogen) atoms. The highest BCUT2D eigenvalue weighted by atomic mass is 16.5. The number of rotatable bonds is 6. The third kappa shape index (κ3) is 4.62. The summed E-state index contributed by atoms with van der Waals surface area (Å²) < 4.78 is 12.6. The van der Waals surface area contributed by atoms with E-state index in [0.717, 1.165) is 11.3 Å². The SMILES string of the molecule is COc1cc(/C=C/C(=O)Nc2cc(C)nn2C)ccc1OC(C)C. The molecule has 1 N–H and O–H groups in total. The Morgan fingerprint density at radius 1 is 1.29 bits per heavy atom. The van der Waals surface area contributed by atoms with Gasteiger partial charge in [-0.1, -0.05) is 6.07 Å². The highest BCUT2D eigenvalue weighted by Gasteiger charge is 2.07. The summed E-state index contributed by atoms with van der Waals surface area (Å²) in [5, 5.41) is 6.97. The van der Waals surface area contributed by atoms with Gasteiger partial charge in [0.05, 0.1) is 18.9 Å². The number of hydrogen-bond acceptors (Lipinski definition) is 4. The molecule has 0 fully saturated rings. The van der Waals surface area contributed by atoms with Crippen LogP contribution in [0.1, 0.15) is 25.1 Å². The number of amides is 1. The molecule has 1 amide bonds. The fourth-order valence-electron chi connectivity index (χ4n) is 2.21. The minimum atomic E-state index is -0.223. The van der Waals surface area contributed by atoms with Gasteiger partial charge >= 0.3 is 0 Å². The van der Waals surface area contributed by atoms with Crippen molar-refractivity contribution in [2.45, 2.75) is 26.9 Å². The summed E-state index contributed by atoms with van der Waals surface area (Å²) in [6.45, 7) is 5.79. The lowest BCUT2D eigenvalue weighted by atomic mass is 10.2. The van der Waals surface area contributed by atoms with Crippen molar-refractivity contribution in [3.63, 3.8) is 0 Å². The van der Waals surface area contributed by atoms with Crippen LogP contribution in [0.2, 0.25) is 0 Å². The zero-order chi connectivity index (χ0) is 17.7. The molecule has 0 spiro atoms. The summed E-state index contributed by atoms with van der Waals surface area (Å²) in [5.74, 6) is 1.74. The van der Waals surface area contributed by atoms with Crippen molar-refractivity contribution in [3.8, 4) is 11.5 Å². The van der Waals surface area contributed by atoms with E-state index < -0.39 is 0 Å². The maximum absolute atomic E-state index is 12.0. The highest BCUT2D eigenvalue weighted by molar-refractivity contribution is 6.01. The van der Waals surface area contributed by atoms with E-state index in [4.69, 9.17) is 9.47 Å². The van der Waals surface area contributed by atoms with Gasteiger partial charge in [-0.05, 0) is 44.5 Å². The van der Waals surface area contributed by atoms with E-state index in [9.17, 15) is 4.79 Å². The molecular formula is C18H23N3O3. The van der Waals surface area contributed by atoms with Crippen LogP contribution < -0.4 is 14.8 Å². The Morgan fingerprint density at radius 2 is 2.04 bits per heavy atom. The monoisotopic (exact) mass is 329 g/mol. The number of nitrogens with one attached hydrogen (secondary N) is 1. The summed E-state index contributed by atoms with van der Waals surface area (Å²) in [4.78, 5) is 12.0. The Bertz CT molecular complexity index is 748. The molecule has 6 nitrogen and oxygen atoms in total. The van der Waals surface area contributed by atoms with Gasteiger partial charge in [0.2, 0.25) is 5.91 Å². The molecule has 0 radical (unpaired) electrons. The van der Waals surface area contributed by atoms with E-state index in [1.807, 2.05) is 45.0 Å². The van der Waals surface area contributed by atoms with Crippen LogP contribution in [0.3, 0.4) is 0 Å². The molecule has 6 heteroatoms. The second-order valence-electron chi connectivity index (χ2n) is 5.69. The topological polar surface area (TPSA) is 65.4 Å². The van der Waals surface area contributed by atoms with Crippen molar-refractivity contribution in [1.29, 1.82) is 0 Å². The quantitative estimate of drug-likeness (QED) is 0.827. The second kappa shape index (κ2) is 7.68. The van der Waals surface area contributed by atoms with Crippen molar-refractivity contribution in [1.82, 2.24) is 9.78 Å². The van der Waals surface area contributed by atoms with Crippen molar-refractivity contribution in [3.05, 3.63) is 41.6 Å². The number of carbonyl (C=O) groups excluding carboxylic acids is 1. The fraction of sp³-hybridized carbons (Fsp3) is 0.333. The Hall–Kier alpha value is -2.76. The van der Waals surface area contributed by atoms with Gasteiger partial charge in [-0.2, -0.15) is 5.10 Å². The lowest BCUT2D eigenvalue weighted by molar-refractivity contribution is -0.111. The van der Waals surface area contributed by atoms with Crippen LogP contribution in [-0.2, 0) is 11.8 Å². The molecule has 0 saturated carbocycles. The van der Waals surface area contributed by atoms with Crippen molar-refractivity contribution in [2.75, 3.05) is 12.4 Å². The van der Waals surface area contributed by atoms with E-state index >= 15 is 0 Å². The lowest BCUT2D eigenvalue weighted by Crippen LogP contribution is -2.11. The van der Waals surface area contributed by atoms with Gasteiger partial charge < -0.3 is 14.8 Å². The Kier molecular flexibility index (Phi) is 5.63. The number of nitrogens with zero attached hydrogens (tertiary/aromatic N) is 2. The van der Waals surface area contributed by atoms with Crippen LogP contribution in [0, 0.1) is 6.92 Å².